The van der Waals surface area contributed by atoms with Crippen LogP contribution < -0.4 is 4.72 Å². The Kier molecular flexibility index (Phi) is 5.51. The third-order valence-corrected chi connectivity index (χ3v) is 5.09. The Labute approximate surface area is 137 Å². The number of sulfonamides is 1. The van der Waals surface area contributed by atoms with E-state index < -0.39 is 10.0 Å². The summed E-state index contributed by atoms with van der Waals surface area (Å²) in [6, 6.07) is 12.6. The Morgan fingerprint density at radius 3 is 2.35 bits per heavy atom. The van der Waals surface area contributed by atoms with Crippen LogP contribution in [0.3, 0.4) is 0 Å². The van der Waals surface area contributed by atoms with Gasteiger partial charge in [-0.25, -0.2) is 17.5 Å². The van der Waals surface area contributed by atoms with E-state index in [1.54, 1.807) is 36.4 Å². The highest BCUT2D eigenvalue weighted by molar-refractivity contribution is 7.89. The molecule has 124 valence electrons. The van der Waals surface area contributed by atoms with E-state index in [2.05, 4.69) is 4.72 Å². The van der Waals surface area contributed by atoms with Gasteiger partial charge in [0.2, 0.25) is 10.0 Å². The fourth-order valence-electron chi connectivity index (χ4n) is 2.30. The summed E-state index contributed by atoms with van der Waals surface area (Å²) >= 11 is 0. The molecule has 1 atom stereocenters. The van der Waals surface area contributed by atoms with E-state index in [0.717, 1.165) is 11.1 Å². The highest BCUT2D eigenvalue weighted by Crippen LogP contribution is 2.19. The van der Waals surface area contributed by atoms with Crippen molar-refractivity contribution in [2.45, 2.75) is 17.9 Å². The van der Waals surface area contributed by atoms with Crippen molar-refractivity contribution < 1.29 is 12.8 Å². The monoisotopic (exact) mass is 336 g/mol. The normalized spacial score (nSPS) is 13.3. The first kappa shape index (κ1) is 17.6. The first-order valence-corrected chi connectivity index (χ1v) is 8.76. The molecule has 23 heavy (non-hydrogen) atoms. The molecular formula is C17H21FN2O2S. The van der Waals surface area contributed by atoms with E-state index in [9.17, 15) is 12.8 Å². The Morgan fingerprint density at radius 1 is 1.13 bits per heavy atom. The minimum Gasteiger partial charge on any atom is -0.301 e. The Morgan fingerprint density at radius 2 is 1.78 bits per heavy atom. The van der Waals surface area contributed by atoms with Crippen LogP contribution in [0.25, 0.3) is 0 Å². The maximum Gasteiger partial charge on any atom is 0.240 e. The predicted octanol–water partition coefficient (Wildman–Crippen LogP) is 2.72. The van der Waals surface area contributed by atoms with E-state index >= 15 is 0 Å². The summed E-state index contributed by atoms with van der Waals surface area (Å²) in [6.45, 7) is 2.06. The van der Waals surface area contributed by atoms with Crippen LogP contribution in [0, 0.1) is 12.7 Å². The van der Waals surface area contributed by atoms with Gasteiger partial charge in [-0.1, -0.05) is 29.8 Å². The second-order valence-corrected chi connectivity index (χ2v) is 7.47. The predicted molar refractivity (Wildman–Crippen MR) is 89.2 cm³/mol. The molecule has 0 amide bonds. The van der Waals surface area contributed by atoms with Crippen molar-refractivity contribution in [3.63, 3.8) is 0 Å². The molecule has 4 nitrogen and oxygen atoms in total. The van der Waals surface area contributed by atoms with Crippen LogP contribution in [0.5, 0.6) is 0 Å². The van der Waals surface area contributed by atoms with Gasteiger partial charge in [-0.15, -0.1) is 0 Å². The number of hydrogen-bond acceptors (Lipinski definition) is 3. The fraction of sp³-hybridized carbons (Fsp3) is 0.294. The molecule has 0 aliphatic heterocycles. The lowest BCUT2D eigenvalue weighted by molar-refractivity contribution is 0.299. The second-order valence-electron chi connectivity index (χ2n) is 5.70. The smallest absolute Gasteiger partial charge is 0.240 e. The van der Waals surface area contributed by atoms with Crippen LogP contribution in [0.4, 0.5) is 4.39 Å². The highest BCUT2D eigenvalue weighted by atomic mass is 32.2. The van der Waals surface area contributed by atoms with E-state index in [0.29, 0.717) is 0 Å². The molecule has 0 saturated heterocycles. The zero-order chi connectivity index (χ0) is 17.0. The zero-order valence-electron chi connectivity index (χ0n) is 13.5. The standard InChI is InChI=1S/C17H21FN2O2S/c1-13-7-9-16(10-8-13)23(21,22)19-12-17(20(2)3)14-5-4-6-15(18)11-14/h4-11,17,19H,12H2,1-3H3/t17-/m0/s1. The van der Waals surface area contributed by atoms with Gasteiger partial charge in [-0.2, -0.15) is 0 Å². The SMILES string of the molecule is Cc1ccc(S(=O)(=O)NC[C@@H](c2cccc(F)c2)N(C)C)cc1. The van der Waals surface area contributed by atoms with Crippen molar-refractivity contribution in [1.29, 1.82) is 0 Å². The van der Waals surface area contributed by atoms with Gasteiger partial charge in [0.05, 0.1) is 4.90 Å². The number of rotatable bonds is 6. The summed E-state index contributed by atoms with van der Waals surface area (Å²) in [6.07, 6.45) is 0. The highest BCUT2D eigenvalue weighted by Gasteiger charge is 2.19. The van der Waals surface area contributed by atoms with Gasteiger partial charge < -0.3 is 4.90 Å². The van der Waals surface area contributed by atoms with Crippen molar-refractivity contribution in [2.24, 2.45) is 0 Å². The summed E-state index contributed by atoms with van der Waals surface area (Å²) in [4.78, 5) is 2.08. The van der Waals surface area contributed by atoms with Crippen molar-refractivity contribution >= 4 is 10.0 Å². The third-order valence-electron chi connectivity index (χ3n) is 3.65. The lowest BCUT2D eigenvalue weighted by Crippen LogP contribution is -2.34. The maximum atomic E-state index is 13.4. The molecule has 0 aromatic heterocycles. The van der Waals surface area contributed by atoms with Crippen LogP contribution in [0.2, 0.25) is 0 Å². The molecule has 0 unspecified atom stereocenters. The van der Waals surface area contributed by atoms with Crippen LogP contribution in [0.15, 0.2) is 53.4 Å². The van der Waals surface area contributed by atoms with Gasteiger partial charge in [0, 0.05) is 12.6 Å². The summed E-state index contributed by atoms with van der Waals surface area (Å²) in [5, 5.41) is 0. The second kappa shape index (κ2) is 7.21. The van der Waals surface area contributed by atoms with Crippen molar-refractivity contribution in [3.05, 3.63) is 65.5 Å². The average Bonchev–Trinajstić information content (AvgIpc) is 2.47. The quantitative estimate of drug-likeness (QED) is 0.882. The molecule has 0 saturated carbocycles. The number of likely N-dealkylation sites (N-methyl/N-ethyl adjacent to an activating group) is 1. The van der Waals surface area contributed by atoms with Gasteiger partial charge in [-0.3, -0.25) is 0 Å². The molecule has 2 aromatic rings. The van der Waals surface area contributed by atoms with E-state index in [1.165, 1.54) is 12.1 Å². The number of aryl methyl sites for hydroxylation is 1. The third kappa shape index (κ3) is 4.60. The van der Waals surface area contributed by atoms with Gasteiger partial charge in [0.1, 0.15) is 5.82 Å². The molecule has 2 rings (SSSR count). The number of benzene rings is 2. The van der Waals surface area contributed by atoms with Crippen molar-refractivity contribution in [2.75, 3.05) is 20.6 Å². The Hall–Kier alpha value is -1.76. The number of halogens is 1. The molecule has 0 aliphatic rings. The molecule has 2 aromatic carbocycles. The molecular weight excluding hydrogens is 315 g/mol. The van der Waals surface area contributed by atoms with Crippen LogP contribution in [-0.2, 0) is 10.0 Å². The fourth-order valence-corrected chi connectivity index (χ4v) is 3.34. The van der Waals surface area contributed by atoms with Crippen LogP contribution in [-0.4, -0.2) is 34.0 Å². The average molecular weight is 336 g/mol. The van der Waals surface area contributed by atoms with E-state index in [-0.39, 0.29) is 23.3 Å². The minimum absolute atomic E-state index is 0.159. The topological polar surface area (TPSA) is 49.4 Å². The summed E-state index contributed by atoms with van der Waals surface area (Å²) in [5.74, 6) is -0.337. The van der Waals surface area contributed by atoms with Gasteiger partial charge in [0.25, 0.3) is 0 Å². The minimum atomic E-state index is -3.59. The van der Waals surface area contributed by atoms with Crippen molar-refractivity contribution in [1.82, 2.24) is 9.62 Å². The molecule has 6 heteroatoms. The zero-order valence-corrected chi connectivity index (χ0v) is 14.3. The molecule has 1 N–H and O–H groups in total. The molecule has 0 aliphatic carbocycles. The summed E-state index contributed by atoms with van der Waals surface area (Å²) in [5.41, 5.74) is 1.72. The van der Waals surface area contributed by atoms with Gasteiger partial charge in [0.15, 0.2) is 0 Å². The number of nitrogens with zero attached hydrogens (tertiary/aromatic N) is 1. The summed E-state index contributed by atoms with van der Waals surface area (Å²) < 4.78 is 40.7. The summed E-state index contributed by atoms with van der Waals surface area (Å²) in [7, 11) is 0.0641. The van der Waals surface area contributed by atoms with Crippen LogP contribution >= 0.6 is 0 Å². The Bertz CT molecular complexity index is 758. The molecule has 0 heterocycles. The van der Waals surface area contributed by atoms with E-state index in [1.807, 2.05) is 25.9 Å². The lowest BCUT2D eigenvalue weighted by atomic mass is 10.1. The number of hydrogen-bond donors (Lipinski definition) is 1. The maximum absolute atomic E-state index is 13.4. The Balaban J connectivity index is 2.17. The first-order chi connectivity index (χ1) is 10.8. The number of nitrogens with one attached hydrogen (secondary N) is 1. The molecule has 0 bridgehead atoms. The largest absolute Gasteiger partial charge is 0.301 e. The molecule has 0 spiro atoms. The van der Waals surface area contributed by atoms with E-state index in [4.69, 9.17) is 0 Å². The molecule has 0 radical (unpaired) electrons. The van der Waals surface area contributed by atoms with Crippen molar-refractivity contribution in [3.8, 4) is 0 Å². The molecule has 0 fully saturated rings. The first-order valence-electron chi connectivity index (χ1n) is 7.28. The van der Waals surface area contributed by atoms with Gasteiger partial charge in [-0.05, 0) is 50.8 Å². The van der Waals surface area contributed by atoms with Gasteiger partial charge >= 0.3 is 0 Å². The lowest BCUT2D eigenvalue weighted by Gasteiger charge is -2.25. The van der Waals surface area contributed by atoms with Crippen LogP contribution in [0.1, 0.15) is 17.2 Å².